The first-order valence-corrected chi connectivity index (χ1v) is 12.2. The number of rotatable bonds is 9. The number of aromatic nitrogens is 1. The molecule has 0 aliphatic rings. The number of methoxy groups -OCH3 is 1. The Kier molecular flexibility index (Phi) is 8.26. The van der Waals surface area contributed by atoms with E-state index in [0.29, 0.717) is 17.1 Å². The van der Waals surface area contributed by atoms with Crippen LogP contribution in [0, 0.1) is 0 Å². The molecule has 1 unspecified atom stereocenters. The van der Waals surface area contributed by atoms with Crippen molar-refractivity contribution in [3.8, 4) is 5.75 Å². The van der Waals surface area contributed by atoms with Gasteiger partial charge in [-0.25, -0.2) is 0 Å². The number of anilines is 1. The number of fused-ring (bicyclic) bond motifs is 1. The van der Waals surface area contributed by atoms with E-state index in [0.717, 1.165) is 33.2 Å². The largest absolute Gasteiger partial charge is 0.495 e. The van der Waals surface area contributed by atoms with Crippen molar-refractivity contribution in [1.29, 1.82) is 0 Å². The van der Waals surface area contributed by atoms with E-state index < -0.39 is 6.17 Å². The number of carbonyl (C=O) groups is 1. The van der Waals surface area contributed by atoms with Crippen molar-refractivity contribution in [3.63, 3.8) is 0 Å². The molecular weight excluding hydrogens is 444 g/mol. The predicted molar refractivity (Wildman–Crippen MR) is 145 cm³/mol. The zero-order valence-corrected chi connectivity index (χ0v) is 21.1. The van der Waals surface area contributed by atoms with Gasteiger partial charge < -0.3 is 25.7 Å². The van der Waals surface area contributed by atoms with Crippen molar-refractivity contribution in [2.24, 2.45) is 12.8 Å². The minimum Gasteiger partial charge on any atom is -0.495 e. The van der Waals surface area contributed by atoms with Gasteiger partial charge in [0.25, 0.3) is 5.91 Å². The van der Waals surface area contributed by atoms with Gasteiger partial charge in [-0.05, 0) is 72.7 Å². The molecule has 178 valence electrons. The Morgan fingerprint density at radius 1 is 1.21 bits per heavy atom. The summed E-state index contributed by atoms with van der Waals surface area (Å²) in [5, 5.41) is 9.18. The molecule has 1 aromatic heterocycles. The molecule has 6 nitrogen and oxygen atoms in total. The van der Waals surface area contributed by atoms with Gasteiger partial charge in [0.15, 0.2) is 0 Å². The molecule has 7 heteroatoms. The second kappa shape index (κ2) is 11.1. The quantitative estimate of drug-likeness (QED) is 0.281. The molecule has 4 N–H and O–H groups in total. The average Bonchev–Trinajstić information content (AvgIpc) is 3.17. The van der Waals surface area contributed by atoms with E-state index in [9.17, 15) is 4.79 Å². The number of benzene rings is 2. The summed E-state index contributed by atoms with van der Waals surface area (Å²) in [6.45, 7) is 8.21. The van der Waals surface area contributed by atoms with Crippen LogP contribution in [-0.2, 0) is 7.05 Å². The van der Waals surface area contributed by atoms with E-state index in [1.807, 2.05) is 91.9 Å². The van der Waals surface area contributed by atoms with Crippen LogP contribution in [0.2, 0.25) is 0 Å². The minimum atomic E-state index is -0.440. The third-order valence-corrected chi connectivity index (χ3v) is 5.93. The van der Waals surface area contributed by atoms with Gasteiger partial charge in [0.1, 0.15) is 17.6 Å². The lowest BCUT2D eigenvalue weighted by Crippen LogP contribution is -2.35. The maximum absolute atomic E-state index is 13.1. The number of amides is 1. The topological polar surface area (TPSA) is 81.3 Å². The molecular formula is C27H32N4O2S. The predicted octanol–water partition coefficient (Wildman–Crippen LogP) is 5.50. The van der Waals surface area contributed by atoms with Crippen LogP contribution in [-0.4, -0.2) is 30.0 Å². The van der Waals surface area contributed by atoms with Gasteiger partial charge in [-0.2, -0.15) is 0 Å². The Morgan fingerprint density at radius 3 is 2.59 bits per heavy atom. The molecule has 0 saturated carbocycles. The van der Waals surface area contributed by atoms with Crippen molar-refractivity contribution < 1.29 is 9.53 Å². The third kappa shape index (κ3) is 5.55. The maximum atomic E-state index is 13.1. The number of allylic oxidation sites excluding steroid dienone is 1. The number of ether oxygens (including phenoxy) is 1. The number of para-hydroxylation sites is 1. The van der Waals surface area contributed by atoms with Crippen molar-refractivity contribution in [3.05, 3.63) is 89.1 Å². The molecule has 3 aromatic rings. The van der Waals surface area contributed by atoms with Crippen molar-refractivity contribution in [2.45, 2.75) is 20.0 Å². The van der Waals surface area contributed by atoms with Gasteiger partial charge in [-0.15, -0.1) is 11.8 Å². The lowest BCUT2D eigenvalue weighted by atomic mass is 9.98. The first kappa shape index (κ1) is 25.2. The van der Waals surface area contributed by atoms with Crippen molar-refractivity contribution in [1.82, 2.24) is 9.88 Å². The van der Waals surface area contributed by atoms with Crippen LogP contribution < -0.4 is 21.1 Å². The van der Waals surface area contributed by atoms with Gasteiger partial charge in [0.2, 0.25) is 0 Å². The molecule has 34 heavy (non-hydrogen) atoms. The molecule has 0 saturated heterocycles. The zero-order chi connectivity index (χ0) is 24.8. The summed E-state index contributed by atoms with van der Waals surface area (Å²) in [6, 6.07) is 15.4. The van der Waals surface area contributed by atoms with Gasteiger partial charge in [0.05, 0.1) is 12.8 Å². The smallest absolute Gasteiger partial charge is 0.272 e. The number of thioether (sulfide) groups is 1. The van der Waals surface area contributed by atoms with E-state index in [1.54, 1.807) is 18.9 Å². The summed E-state index contributed by atoms with van der Waals surface area (Å²) in [6.07, 6.45) is 3.42. The highest BCUT2D eigenvalue weighted by molar-refractivity contribution is 8.01. The molecule has 0 aliphatic heterocycles. The van der Waals surface area contributed by atoms with E-state index in [-0.39, 0.29) is 5.91 Å². The molecule has 0 aliphatic carbocycles. The van der Waals surface area contributed by atoms with Crippen LogP contribution in [0.1, 0.15) is 29.9 Å². The van der Waals surface area contributed by atoms with Crippen molar-refractivity contribution in [2.75, 3.05) is 18.7 Å². The average molecular weight is 477 g/mol. The summed E-state index contributed by atoms with van der Waals surface area (Å²) in [4.78, 5) is 13.1. The molecule has 3 rings (SSSR count). The number of nitrogens with one attached hydrogen (secondary N) is 2. The van der Waals surface area contributed by atoms with Gasteiger partial charge in [-0.1, -0.05) is 36.4 Å². The standard InChI is InChI=1S/C27H32N4O2S/c1-17(2)15-29-26(28)18(3)21(16-34-6)19-11-12-22(25(14-19)33-5)30-27(32)24-13-20-9-7-8-10-23(20)31(24)4/h7-16,26,29H,3,28H2,1-2,4-6H3,(H,30,32)/b21-16+. The molecule has 2 aromatic carbocycles. The lowest BCUT2D eigenvalue weighted by molar-refractivity contribution is 0.101. The second-order valence-electron chi connectivity index (χ2n) is 8.18. The third-order valence-electron chi connectivity index (χ3n) is 5.45. The van der Waals surface area contributed by atoms with Crippen LogP contribution in [0.25, 0.3) is 16.5 Å². The van der Waals surface area contributed by atoms with E-state index >= 15 is 0 Å². The normalized spacial score (nSPS) is 12.2. The molecule has 1 heterocycles. The molecule has 1 atom stereocenters. The fourth-order valence-electron chi connectivity index (χ4n) is 3.63. The Hall–Kier alpha value is -3.42. The zero-order valence-electron chi connectivity index (χ0n) is 20.3. The summed E-state index contributed by atoms with van der Waals surface area (Å²) in [5.41, 5.74) is 12.1. The highest BCUT2D eigenvalue weighted by Gasteiger charge is 2.18. The molecule has 1 amide bonds. The summed E-state index contributed by atoms with van der Waals surface area (Å²) >= 11 is 1.57. The Balaban J connectivity index is 1.88. The maximum Gasteiger partial charge on any atom is 0.272 e. The fraction of sp³-hybridized carbons (Fsp3) is 0.222. The van der Waals surface area contributed by atoms with Gasteiger partial charge in [0, 0.05) is 18.0 Å². The van der Waals surface area contributed by atoms with Crippen LogP contribution in [0.5, 0.6) is 5.75 Å². The minimum absolute atomic E-state index is 0.206. The summed E-state index contributed by atoms with van der Waals surface area (Å²) in [5.74, 6) is 0.345. The number of carbonyl (C=O) groups excluding carboxylic acids is 1. The van der Waals surface area contributed by atoms with Crippen LogP contribution in [0.15, 0.2) is 77.9 Å². The number of hydrogen-bond acceptors (Lipinski definition) is 5. The SMILES string of the molecule is C=C(/C(=C\SC)c1ccc(NC(=O)c2cc3ccccc3n2C)c(OC)c1)C(N)NC=C(C)C. The number of aryl methyl sites for hydroxylation is 1. The molecule has 0 bridgehead atoms. The highest BCUT2D eigenvalue weighted by Crippen LogP contribution is 2.33. The van der Waals surface area contributed by atoms with Gasteiger partial charge >= 0.3 is 0 Å². The Labute approximate surface area is 205 Å². The van der Waals surface area contributed by atoms with Crippen LogP contribution in [0.3, 0.4) is 0 Å². The first-order valence-electron chi connectivity index (χ1n) is 10.9. The summed E-state index contributed by atoms with van der Waals surface area (Å²) in [7, 11) is 3.47. The Morgan fingerprint density at radius 2 is 1.94 bits per heavy atom. The molecule has 0 fully saturated rings. The number of hydrogen-bond donors (Lipinski definition) is 3. The van der Waals surface area contributed by atoms with Crippen molar-refractivity contribution >= 4 is 39.8 Å². The monoisotopic (exact) mass is 476 g/mol. The van der Waals surface area contributed by atoms with E-state index in [2.05, 4.69) is 17.2 Å². The highest BCUT2D eigenvalue weighted by atomic mass is 32.2. The molecule has 0 radical (unpaired) electrons. The Bertz CT molecular complexity index is 1270. The second-order valence-corrected chi connectivity index (χ2v) is 8.88. The van der Waals surface area contributed by atoms with Crippen LogP contribution >= 0.6 is 11.8 Å². The van der Waals surface area contributed by atoms with E-state index in [1.165, 1.54) is 0 Å². The first-order chi connectivity index (χ1) is 16.3. The number of nitrogens with two attached hydrogens (primary N) is 1. The molecule has 0 spiro atoms. The number of nitrogens with zero attached hydrogens (tertiary/aromatic N) is 1. The van der Waals surface area contributed by atoms with Crippen LogP contribution in [0.4, 0.5) is 5.69 Å². The summed E-state index contributed by atoms with van der Waals surface area (Å²) < 4.78 is 7.50. The van der Waals surface area contributed by atoms with Gasteiger partial charge in [-0.3, -0.25) is 4.79 Å². The van der Waals surface area contributed by atoms with E-state index in [4.69, 9.17) is 10.5 Å². The lowest BCUT2D eigenvalue weighted by Gasteiger charge is -2.20. The fourth-order valence-corrected chi connectivity index (χ4v) is 4.15.